The highest BCUT2D eigenvalue weighted by molar-refractivity contribution is 5.90. The van der Waals surface area contributed by atoms with Crippen molar-refractivity contribution in [3.05, 3.63) is 28.7 Å². The SMILES string of the molecule is NCC(=O)n1c(=O)oc2cc(N)ccc21. The maximum absolute atomic E-state index is 11.3. The van der Waals surface area contributed by atoms with Gasteiger partial charge in [-0.2, -0.15) is 0 Å². The van der Waals surface area contributed by atoms with E-state index in [9.17, 15) is 9.59 Å². The number of fused-ring (bicyclic) bond motifs is 1. The molecule has 0 aliphatic rings. The Labute approximate surface area is 84.1 Å². The molecule has 78 valence electrons. The van der Waals surface area contributed by atoms with Crippen LogP contribution in [0.5, 0.6) is 0 Å². The zero-order valence-corrected chi connectivity index (χ0v) is 7.77. The van der Waals surface area contributed by atoms with Crippen LogP contribution in [-0.4, -0.2) is 17.0 Å². The van der Waals surface area contributed by atoms with Gasteiger partial charge >= 0.3 is 5.76 Å². The first-order valence-corrected chi connectivity index (χ1v) is 4.28. The van der Waals surface area contributed by atoms with Gasteiger partial charge in [0, 0.05) is 11.8 Å². The molecule has 0 amide bonds. The number of anilines is 1. The second-order valence-electron chi connectivity index (χ2n) is 3.03. The standard InChI is InChI=1S/C9H9N3O3/c10-4-8(13)12-6-2-1-5(11)3-7(6)15-9(12)14/h1-3H,4,10-11H2. The average Bonchev–Trinajstić information content (AvgIpc) is 2.52. The fourth-order valence-electron chi connectivity index (χ4n) is 1.36. The van der Waals surface area contributed by atoms with E-state index in [0.29, 0.717) is 11.2 Å². The number of hydrogen-bond donors (Lipinski definition) is 2. The van der Waals surface area contributed by atoms with Crippen molar-refractivity contribution in [3.63, 3.8) is 0 Å². The van der Waals surface area contributed by atoms with Crippen molar-refractivity contribution in [1.29, 1.82) is 0 Å². The predicted octanol–water partition coefficient (Wildman–Crippen LogP) is -0.224. The number of carbonyl (C=O) groups excluding carboxylic acids is 1. The lowest BCUT2D eigenvalue weighted by molar-refractivity contribution is 0.0920. The monoisotopic (exact) mass is 207 g/mol. The summed E-state index contributed by atoms with van der Waals surface area (Å²) < 4.78 is 5.75. The van der Waals surface area contributed by atoms with Gasteiger partial charge in [-0.05, 0) is 12.1 Å². The van der Waals surface area contributed by atoms with Crippen LogP contribution in [0.1, 0.15) is 4.79 Å². The third kappa shape index (κ3) is 1.40. The number of rotatable bonds is 1. The number of hydrogen-bond acceptors (Lipinski definition) is 5. The van der Waals surface area contributed by atoms with Crippen molar-refractivity contribution >= 4 is 22.7 Å². The normalized spacial score (nSPS) is 10.7. The van der Waals surface area contributed by atoms with Gasteiger partial charge < -0.3 is 15.9 Å². The van der Waals surface area contributed by atoms with Crippen LogP contribution in [0.2, 0.25) is 0 Å². The smallest absolute Gasteiger partial charge is 0.407 e. The molecule has 0 bridgehead atoms. The first kappa shape index (κ1) is 9.47. The van der Waals surface area contributed by atoms with Gasteiger partial charge in [-0.3, -0.25) is 4.79 Å². The molecule has 0 unspecified atom stereocenters. The third-order valence-electron chi connectivity index (χ3n) is 2.03. The van der Waals surface area contributed by atoms with Crippen molar-refractivity contribution < 1.29 is 9.21 Å². The van der Waals surface area contributed by atoms with Gasteiger partial charge in [0.25, 0.3) is 0 Å². The number of nitrogen functional groups attached to an aromatic ring is 1. The van der Waals surface area contributed by atoms with Gasteiger partial charge in [0.2, 0.25) is 5.91 Å². The highest BCUT2D eigenvalue weighted by Gasteiger charge is 2.14. The van der Waals surface area contributed by atoms with E-state index in [1.54, 1.807) is 12.1 Å². The van der Waals surface area contributed by atoms with Crippen LogP contribution in [-0.2, 0) is 0 Å². The van der Waals surface area contributed by atoms with E-state index in [1.807, 2.05) is 0 Å². The summed E-state index contributed by atoms with van der Waals surface area (Å²) in [5.74, 6) is -1.26. The van der Waals surface area contributed by atoms with Crippen LogP contribution >= 0.6 is 0 Å². The minimum absolute atomic E-state index is 0.251. The van der Waals surface area contributed by atoms with E-state index in [-0.39, 0.29) is 12.1 Å². The van der Waals surface area contributed by atoms with Gasteiger partial charge in [0.1, 0.15) is 0 Å². The summed E-state index contributed by atoms with van der Waals surface area (Å²) in [6.07, 6.45) is 0. The minimum atomic E-state index is -0.744. The second kappa shape index (κ2) is 3.25. The Hall–Kier alpha value is -2.08. The molecule has 2 aromatic rings. The van der Waals surface area contributed by atoms with Gasteiger partial charge in [0.15, 0.2) is 5.58 Å². The molecule has 6 nitrogen and oxygen atoms in total. The molecule has 1 aromatic carbocycles. The van der Waals surface area contributed by atoms with Gasteiger partial charge in [-0.25, -0.2) is 9.36 Å². The lowest BCUT2D eigenvalue weighted by atomic mass is 10.3. The first-order chi connectivity index (χ1) is 7.13. The summed E-state index contributed by atoms with van der Waals surface area (Å²) in [6.45, 7) is -0.251. The summed E-state index contributed by atoms with van der Waals surface area (Å²) >= 11 is 0. The molecule has 2 rings (SSSR count). The van der Waals surface area contributed by atoms with Crippen LogP contribution in [0.4, 0.5) is 5.69 Å². The number of benzene rings is 1. The molecular formula is C9H9N3O3. The second-order valence-corrected chi connectivity index (χ2v) is 3.03. The zero-order valence-electron chi connectivity index (χ0n) is 7.77. The summed E-state index contributed by atoms with van der Waals surface area (Å²) in [5.41, 5.74) is 11.8. The van der Waals surface area contributed by atoms with E-state index >= 15 is 0 Å². The fraction of sp³-hybridized carbons (Fsp3) is 0.111. The highest BCUT2D eigenvalue weighted by atomic mass is 16.4. The largest absolute Gasteiger partial charge is 0.426 e. The summed E-state index contributed by atoms with van der Waals surface area (Å²) in [6, 6.07) is 4.61. The molecule has 0 aliphatic carbocycles. The van der Waals surface area contributed by atoms with Crippen LogP contribution < -0.4 is 17.2 Å². The number of nitrogens with two attached hydrogens (primary N) is 2. The highest BCUT2D eigenvalue weighted by Crippen LogP contribution is 2.15. The first-order valence-electron chi connectivity index (χ1n) is 4.28. The molecular weight excluding hydrogens is 198 g/mol. The molecule has 0 saturated carbocycles. The Kier molecular flexibility index (Phi) is 2.05. The Bertz CT molecular complexity index is 582. The molecule has 0 saturated heterocycles. The molecule has 0 aliphatic heterocycles. The van der Waals surface area contributed by atoms with Crippen molar-refractivity contribution in [2.24, 2.45) is 5.73 Å². The number of nitrogens with zero attached hydrogens (tertiary/aromatic N) is 1. The molecule has 15 heavy (non-hydrogen) atoms. The minimum Gasteiger partial charge on any atom is -0.407 e. The maximum atomic E-state index is 11.3. The van der Waals surface area contributed by atoms with Gasteiger partial charge in [-0.1, -0.05) is 0 Å². The van der Waals surface area contributed by atoms with Crippen molar-refractivity contribution in [1.82, 2.24) is 4.57 Å². The molecule has 4 N–H and O–H groups in total. The molecule has 0 fully saturated rings. The third-order valence-corrected chi connectivity index (χ3v) is 2.03. The zero-order chi connectivity index (χ0) is 11.0. The van der Waals surface area contributed by atoms with Crippen LogP contribution in [0, 0.1) is 0 Å². The summed E-state index contributed by atoms with van der Waals surface area (Å²) in [5, 5.41) is 0. The number of carbonyl (C=O) groups is 1. The summed E-state index contributed by atoms with van der Waals surface area (Å²) in [7, 11) is 0. The fourth-order valence-corrected chi connectivity index (χ4v) is 1.36. The van der Waals surface area contributed by atoms with E-state index in [2.05, 4.69) is 0 Å². The Morgan fingerprint density at radius 2 is 2.20 bits per heavy atom. The number of aromatic nitrogens is 1. The topological polar surface area (TPSA) is 104 Å². The lowest BCUT2D eigenvalue weighted by Gasteiger charge is -1.97. The van der Waals surface area contributed by atoms with Crippen molar-refractivity contribution in [3.8, 4) is 0 Å². The number of oxazole rings is 1. The van der Waals surface area contributed by atoms with E-state index in [0.717, 1.165) is 4.57 Å². The lowest BCUT2D eigenvalue weighted by Crippen LogP contribution is -2.28. The van der Waals surface area contributed by atoms with Gasteiger partial charge in [0.05, 0.1) is 12.1 Å². The van der Waals surface area contributed by atoms with E-state index in [1.165, 1.54) is 6.07 Å². The quantitative estimate of drug-likeness (QED) is 0.629. The Morgan fingerprint density at radius 3 is 2.87 bits per heavy atom. The molecule has 6 heteroatoms. The molecule has 0 spiro atoms. The predicted molar refractivity (Wildman–Crippen MR) is 54.6 cm³/mol. The molecule has 1 heterocycles. The molecule has 0 atom stereocenters. The van der Waals surface area contributed by atoms with E-state index in [4.69, 9.17) is 15.9 Å². The maximum Gasteiger partial charge on any atom is 0.426 e. The molecule has 1 aromatic heterocycles. The average molecular weight is 207 g/mol. The van der Waals surface area contributed by atoms with Crippen LogP contribution in [0.3, 0.4) is 0 Å². The van der Waals surface area contributed by atoms with E-state index < -0.39 is 11.7 Å². The molecule has 0 radical (unpaired) electrons. The summed E-state index contributed by atoms with van der Waals surface area (Å²) in [4.78, 5) is 22.7. The van der Waals surface area contributed by atoms with Crippen molar-refractivity contribution in [2.45, 2.75) is 0 Å². The Balaban J connectivity index is 2.80. The van der Waals surface area contributed by atoms with Crippen molar-refractivity contribution in [2.75, 3.05) is 12.3 Å². The Morgan fingerprint density at radius 1 is 1.47 bits per heavy atom. The van der Waals surface area contributed by atoms with Crippen LogP contribution in [0.25, 0.3) is 11.1 Å². The van der Waals surface area contributed by atoms with Gasteiger partial charge in [-0.15, -0.1) is 0 Å². The van der Waals surface area contributed by atoms with Crippen LogP contribution in [0.15, 0.2) is 27.4 Å².